The van der Waals surface area contributed by atoms with Gasteiger partial charge in [-0.2, -0.15) is 12.6 Å². The Hall–Kier alpha value is -0.890. The lowest BCUT2D eigenvalue weighted by Crippen LogP contribution is -2.06. The molecule has 1 nitrogen and oxygen atoms in total. The molecule has 0 atom stereocenters. The van der Waals surface area contributed by atoms with Crippen LogP contribution in [0.25, 0.3) is 6.08 Å². The van der Waals surface area contributed by atoms with Crippen LogP contribution in [0.4, 0.5) is 0 Å². The van der Waals surface area contributed by atoms with Crippen LogP contribution in [0.2, 0.25) is 0 Å². The molecule has 0 unspecified atom stereocenters. The van der Waals surface area contributed by atoms with Gasteiger partial charge in [0.2, 0.25) is 0 Å². The van der Waals surface area contributed by atoms with Crippen molar-refractivity contribution >= 4 is 18.7 Å². The van der Waals surface area contributed by atoms with Gasteiger partial charge in [0.25, 0.3) is 0 Å². The summed E-state index contributed by atoms with van der Waals surface area (Å²) in [6, 6.07) is 8.08. The Bertz CT molecular complexity index is 318. The zero-order chi connectivity index (χ0) is 11.1. The van der Waals surface area contributed by atoms with Crippen molar-refractivity contribution in [3.8, 4) is 5.75 Å². The van der Waals surface area contributed by atoms with Crippen molar-refractivity contribution in [1.82, 2.24) is 0 Å². The zero-order valence-corrected chi connectivity index (χ0v) is 10.2. The predicted octanol–water partition coefficient (Wildman–Crippen LogP) is 3.81. The van der Waals surface area contributed by atoms with Crippen LogP contribution in [0.1, 0.15) is 25.8 Å². The molecule has 0 N–H and O–H groups in total. The van der Waals surface area contributed by atoms with Gasteiger partial charge < -0.3 is 4.74 Å². The summed E-state index contributed by atoms with van der Waals surface area (Å²) >= 11 is 4.17. The van der Waals surface area contributed by atoms with Gasteiger partial charge in [0.15, 0.2) is 0 Å². The van der Waals surface area contributed by atoms with E-state index in [0.29, 0.717) is 0 Å². The molecule has 0 aliphatic heterocycles. The van der Waals surface area contributed by atoms with Crippen molar-refractivity contribution in [2.75, 3.05) is 5.75 Å². The van der Waals surface area contributed by atoms with Crippen molar-refractivity contribution in [1.29, 1.82) is 0 Å². The van der Waals surface area contributed by atoms with E-state index in [1.807, 2.05) is 32.0 Å². The Labute approximate surface area is 97.6 Å². The largest absolute Gasteiger partial charge is 0.490 e. The quantitative estimate of drug-likeness (QED) is 0.745. The molecule has 1 aromatic carbocycles. The summed E-state index contributed by atoms with van der Waals surface area (Å²) < 4.78 is 5.71. The van der Waals surface area contributed by atoms with Crippen LogP contribution in [0, 0.1) is 0 Å². The molecule has 0 aliphatic rings. The van der Waals surface area contributed by atoms with Gasteiger partial charge in [-0.1, -0.05) is 30.4 Å². The van der Waals surface area contributed by atoms with E-state index in [-0.39, 0.29) is 6.10 Å². The fourth-order valence-electron chi connectivity index (χ4n) is 1.26. The smallest absolute Gasteiger partial charge is 0.126 e. The van der Waals surface area contributed by atoms with Crippen molar-refractivity contribution in [3.05, 3.63) is 35.9 Å². The minimum Gasteiger partial charge on any atom is -0.490 e. The standard InChI is InChI=1S/C13H18OS/c1-11(2)14-13-9-4-3-7-12(13)8-5-6-10-15/h3-5,7-9,11,15H,6,10H2,1-2H3. The van der Waals surface area contributed by atoms with Crippen LogP contribution < -0.4 is 4.74 Å². The highest BCUT2D eigenvalue weighted by Gasteiger charge is 2.01. The minimum atomic E-state index is 0.212. The second kappa shape index (κ2) is 6.57. The van der Waals surface area contributed by atoms with E-state index in [2.05, 4.69) is 30.8 Å². The van der Waals surface area contributed by atoms with E-state index in [4.69, 9.17) is 4.74 Å². The third kappa shape index (κ3) is 4.43. The summed E-state index contributed by atoms with van der Waals surface area (Å²) in [6.07, 6.45) is 5.41. The van der Waals surface area contributed by atoms with Crippen LogP contribution >= 0.6 is 12.6 Å². The highest BCUT2D eigenvalue weighted by Crippen LogP contribution is 2.20. The SMILES string of the molecule is CC(C)Oc1ccccc1C=CCCS. The lowest BCUT2D eigenvalue weighted by molar-refractivity contribution is 0.242. The number of allylic oxidation sites excluding steroid dienone is 1. The molecule has 1 aromatic rings. The molecule has 0 aliphatic carbocycles. The molecule has 0 spiro atoms. The summed E-state index contributed by atoms with van der Waals surface area (Å²) in [6.45, 7) is 4.07. The first-order chi connectivity index (χ1) is 7.24. The average Bonchev–Trinajstić information content (AvgIpc) is 2.20. The summed E-state index contributed by atoms with van der Waals surface area (Å²) in [5.41, 5.74) is 1.13. The molecule has 0 aromatic heterocycles. The van der Waals surface area contributed by atoms with E-state index in [0.717, 1.165) is 23.5 Å². The maximum absolute atomic E-state index is 5.71. The van der Waals surface area contributed by atoms with Crippen LogP contribution in [-0.2, 0) is 0 Å². The Morgan fingerprint density at radius 3 is 2.73 bits per heavy atom. The van der Waals surface area contributed by atoms with E-state index < -0.39 is 0 Å². The van der Waals surface area contributed by atoms with Crippen LogP contribution in [0.5, 0.6) is 5.75 Å². The maximum Gasteiger partial charge on any atom is 0.126 e. The van der Waals surface area contributed by atoms with Crippen LogP contribution in [-0.4, -0.2) is 11.9 Å². The van der Waals surface area contributed by atoms with Gasteiger partial charge in [0.1, 0.15) is 5.75 Å². The van der Waals surface area contributed by atoms with E-state index >= 15 is 0 Å². The Kier molecular flexibility index (Phi) is 5.33. The molecule has 1 rings (SSSR count). The zero-order valence-electron chi connectivity index (χ0n) is 9.31. The third-order valence-electron chi connectivity index (χ3n) is 1.87. The molecular weight excluding hydrogens is 204 g/mol. The molecule has 0 saturated carbocycles. The van der Waals surface area contributed by atoms with Gasteiger partial charge >= 0.3 is 0 Å². The Morgan fingerprint density at radius 2 is 2.07 bits per heavy atom. The molecule has 0 fully saturated rings. The third-order valence-corrected chi connectivity index (χ3v) is 2.13. The van der Waals surface area contributed by atoms with E-state index in [1.165, 1.54) is 0 Å². The predicted molar refractivity (Wildman–Crippen MR) is 69.7 cm³/mol. The van der Waals surface area contributed by atoms with Gasteiger partial charge in [-0.25, -0.2) is 0 Å². The normalized spacial score (nSPS) is 11.2. The number of benzene rings is 1. The Balaban J connectivity index is 2.76. The van der Waals surface area contributed by atoms with Crippen molar-refractivity contribution in [3.63, 3.8) is 0 Å². The topological polar surface area (TPSA) is 9.23 Å². The number of ether oxygens (including phenoxy) is 1. The molecule has 0 radical (unpaired) electrons. The number of hydrogen-bond acceptors (Lipinski definition) is 2. The fraction of sp³-hybridized carbons (Fsp3) is 0.385. The lowest BCUT2D eigenvalue weighted by atomic mass is 10.2. The van der Waals surface area contributed by atoms with E-state index in [1.54, 1.807) is 0 Å². The minimum absolute atomic E-state index is 0.212. The van der Waals surface area contributed by atoms with E-state index in [9.17, 15) is 0 Å². The summed E-state index contributed by atoms with van der Waals surface area (Å²) in [7, 11) is 0. The van der Waals surface area contributed by atoms with Crippen LogP contribution in [0.3, 0.4) is 0 Å². The molecule has 2 heteroatoms. The van der Waals surface area contributed by atoms with Gasteiger partial charge in [-0.05, 0) is 32.1 Å². The molecule has 15 heavy (non-hydrogen) atoms. The summed E-state index contributed by atoms with van der Waals surface area (Å²) in [4.78, 5) is 0. The van der Waals surface area contributed by atoms with Gasteiger partial charge in [-0.3, -0.25) is 0 Å². The molecule has 0 heterocycles. The average molecular weight is 222 g/mol. The highest BCUT2D eigenvalue weighted by molar-refractivity contribution is 7.80. The number of hydrogen-bond donors (Lipinski definition) is 1. The second-order valence-electron chi connectivity index (χ2n) is 3.62. The summed E-state index contributed by atoms with van der Waals surface area (Å²) in [5.74, 6) is 1.83. The number of rotatable bonds is 5. The molecule has 0 amide bonds. The number of thiol groups is 1. The van der Waals surface area contributed by atoms with Crippen molar-refractivity contribution in [2.24, 2.45) is 0 Å². The first kappa shape index (κ1) is 12.2. The molecule has 82 valence electrons. The summed E-state index contributed by atoms with van der Waals surface area (Å²) in [5, 5.41) is 0. The van der Waals surface area contributed by atoms with Gasteiger partial charge in [0.05, 0.1) is 6.10 Å². The molecule has 0 saturated heterocycles. The van der Waals surface area contributed by atoms with Gasteiger partial charge in [-0.15, -0.1) is 0 Å². The Morgan fingerprint density at radius 1 is 1.33 bits per heavy atom. The maximum atomic E-state index is 5.71. The first-order valence-corrected chi connectivity index (χ1v) is 5.90. The van der Waals surface area contributed by atoms with Crippen molar-refractivity contribution < 1.29 is 4.74 Å². The molecular formula is C13H18OS. The van der Waals surface area contributed by atoms with Crippen LogP contribution in [0.15, 0.2) is 30.3 Å². The first-order valence-electron chi connectivity index (χ1n) is 5.27. The molecule has 0 bridgehead atoms. The number of para-hydroxylation sites is 1. The fourth-order valence-corrected chi connectivity index (χ4v) is 1.41. The monoisotopic (exact) mass is 222 g/mol. The second-order valence-corrected chi connectivity index (χ2v) is 4.07. The highest BCUT2D eigenvalue weighted by atomic mass is 32.1. The van der Waals surface area contributed by atoms with Gasteiger partial charge in [0, 0.05) is 5.56 Å². The van der Waals surface area contributed by atoms with Crippen molar-refractivity contribution in [2.45, 2.75) is 26.4 Å². The lowest BCUT2D eigenvalue weighted by Gasteiger charge is -2.11.